The Kier molecular flexibility index (Phi) is 5.86. The second-order valence-corrected chi connectivity index (χ2v) is 4.73. The highest BCUT2D eigenvalue weighted by molar-refractivity contribution is 5.93. The number of nitrogens with zero attached hydrogens (tertiary/aromatic N) is 1. The molecule has 100 valence electrons. The standard InChI is InChI=1S/C15H24N2O/c1-12-8-7-9-14(13(12)2)17(4)15(18)10-5-6-11-16-3/h7-9,16H,5-6,10-11H2,1-4H3. The topological polar surface area (TPSA) is 32.3 Å². The third kappa shape index (κ3) is 3.84. The molecular weight excluding hydrogens is 224 g/mol. The average molecular weight is 248 g/mol. The predicted molar refractivity (Wildman–Crippen MR) is 77.1 cm³/mol. The zero-order valence-electron chi connectivity index (χ0n) is 11.9. The number of amides is 1. The molecular formula is C15H24N2O. The van der Waals surface area contributed by atoms with Crippen LogP contribution in [0.4, 0.5) is 5.69 Å². The van der Waals surface area contributed by atoms with Gasteiger partial charge in [0.15, 0.2) is 0 Å². The highest BCUT2D eigenvalue weighted by Gasteiger charge is 2.12. The van der Waals surface area contributed by atoms with Crippen LogP contribution in [0.15, 0.2) is 18.2 Å². The van der Waals surface area contributed by atoms with Crippen LogP contribution in [-0.2, 0) is 4.79 Å². The molecule has 1 aromatic rings. The molecule has 1 rings (SSSR count). The van der Waals surface area contributed by atoms with Crippen molar-refractivity contribution >= 4 is 11.6 Å². The summed E-state index contributed by atoms with van der Waals surface area (Å²) in [5.41, 5.74) is 3.43. The van der Waals surface area contributed by atoms with E-state index in [1.165, 1.54) is 11.1 Å². The van der Waals surface area contributed by atoms with Gasteiger partial charge in [0, 0.05) is 19.2 Å². The molecule has 0 atom stereocenters. The van der Waals surface area contributed by atoms with Crippen LogP contribution >= 0.6 is 0 Å². The first-order valence-electron chi connectivity index (χ1n) is 6.55. The Morgan fingerprint density at radius 2 is 2.00 bits per heavy atom. The number of hydrogen-bond acceptors (Lipinski definition) is 2. The molecule has 3 heteroatoms. The van der Waals surface area contributed by atoms with Crippen LogP contribution in [-0.4, -0.2) is 26.5 Å². The van der Waals surface area contributed by atoms with E-state index in [0.29, 0.717) is 6.42 Å². The van der Waals surface area contributed by atoms with Gasteiger partial charge < -0.3 is 10.2 Å². The normalized spacial score (nSPS) is 10.4. The molecule has 1 amide bonds. The molecule has 0 spiro atoms. The Hall–Kier alpha value is -1.35. The van der Waals surface area contributed by atoms with Crippen LogP contribution in [0.25, 0.3) is 0 Å². The minimum Gasteiger partial charge on any atom is -0.320 e. The van der Waals surface area contributed by atoms with Crippen LogP contribution in [0, 0.1) is 13.8 Å². The molecule has 0 bridgehead atoms. The summed E-state index contributed by atoms with van der Waals surface area (Å²) in [5, 5.41) is 3.09. The number of carbonyl (C=O) groups excluding carboxylic acids is 1. The van der Waals surface area contributed by atoms with Gasteiger partial charge in [0.2, 0.25) is 5.91 Å². The second-order valence-electron chi connectivity index (χ2n) is 4.73. The highest BCUT2D eigenvalue weighted by Crippen LogP contribution is 2.22. The molecule has 0 radical (unpaired) electrons. The summed E-state index contributed by atoms with van der Waals surface area (Å²) in [5.74, 6) is 0.194. The average Bonchev–Trinajstić information content (AvgIpc) is 2.37. The Bertz CT molecular complexity index is 401. The van der Waals surface area contributed by atoms with Gasteiger partial charge in [-0.1, -0.05) is 12.1 Å². The van der Waals surface area contributed by atoms with Crippen molar-refractivity contribution in [2.24, 2.45) is 0 Å². The van der Waals surface area contributed by atoms with Gasteiger partial charge >= 0.3 is 0 Å². The van der Waals surface area contributed by atoms with Crippen LogP contribution in [0.1, 0.15) is 30.4 Å². The van der Waals surface area contributed by atoms with E-state index < -0.39 is 0 Å². The number of carbonyl (C=O) groups is 1. The SMILES string of the molecule is CNCCCCC(=O)N(C)c1cccc(C)c1C. The molecule has 0 aliphatic carbocycles. The van der Waals surface area contributed by atoms with Gasteiger partial charge in [0.05, 0.1) is 0 Å². The summed E-state index contributed by atoms with van der Waals surface area (Å²) in [4.78, 5) is 13.9. The minimum absolute atomic E-state index is 0.194. The van der Waals surface area contributed by atoms with Crippen molar-refractivity contribution in [2.75, 3.05) is 25.5 Å². The molecule has 1 N–H and O–H groups in total. The Morgan fingerprint density at radius 1 is 1.28 bits per heavy atom. The lowest BCUT2D eigenvalue weighted by molar-refractivity contribution is -0.118. The molecule has 0 saturated heterocycles. The van der Waals surface area contributed by atoms with E-state index in [-0.39, 0.29) is 5.91 Å². The van der Waals surface area contributed by atoms with Crippen LogP contribution in [0.3, 0.4) is 0 Å². The number of aryl methyl sites for hydroxylation is 1. The lowest BCUT2D eigenvalue weighted by atomic mass is 10.1. The molecule has 0 aliphatic rings. The molecule has 0 fully saturated rings. The van der Waals surface area contributed by atoms with Gasteiger partial charge in [-0.05, 0) is 57.5 Å². The highest BCUT2D eigenvalue weighted by atomic mass is 16.2. The summed E-state index contributed by atoms with van der Waals surface area (Å²) >= 11 is 0. The van der Waals surface area contributed by atoms with E-state index in [2.05, 4.69) is 25.2 Å². The lowest BCUT2D eigenvalue weighted by Crippen LogP contribution is -2.27. The molecule has 0 aromatic heterocycles. The molecule has 0 unspecified atom stereocenters. The maximum absolute atomic E-state index is 12.1. The number of nitrogens with one attached hydrogen (secondary N) is 1. The fourth-order valence-electron chi connectivity index (χ4n) is 1.98. The quantitative estimate of drug-likeness (QED) is 0.785. The van der Waals surface area contributed by atoms with Gasteiger partial charge in [0.1, 0.15) is 0 Å². The van der Waals surface area contributed by atoms with Crippen molar-refractivity contribution < 1.29 is 4.79 Å². The summed E-state index contributed by atoms with van der Waals surface area (Å²) in [7, 11) is 3.80. The van der Waals surface area contributed by atoms with E-state index in [1.54, 1.807) is 4.90 Å². The van der Waals surface area contributed by atoms with E-state index in [4.69, 9.17) is 0 Å². The summed E-state index contributed by atoms with van der Waals surface area (Å²) in [6.07, 6.45) is 2.60. The Balaban J connectivity index is 2.60. The fraction of sp³-hybridized carbons (Fsp3) is 0.533. The minimum atomic E-state index is 0.194. The first-order valence-corrected chi connectivity index (χ1v) is 6.55. The summed E-state index contributed by atoms with van der Waals surface area (Å²) < 4.78 is 0. The largest absolute Gasteiger partial charge is 0.320 e. The Labute approximate surface area is 110 Å². The van der Waals surface area contributed by atoms with Gasteiger partial charge in [-0.2, -0.15) is 0 Å². The van der Waals surface area contributed by atoms with Crippen LogP contribution in [0.5, 0.6) is 0 Å². The second kappa shape index (κ2) is 7.17. The van der Waals surface area contributed by atoms with E-state index in [9.17, 15) is 4.79 Å². The Morgan fingerprint density at radius 3 is 2.67 bits per heavy atom. The number of rotatable bonds is 6. The number of benzene rings is 1. The number of hydrogen-bond donors (Lipinski definition) is 1. The smallest absolute Gasteiger partial charge is 0.226 e. The zero-order chi connectivity index (χ0) is 13.5. The first kappa shape index (κ1) is 14.7. The molecule has 0 aliphatic heterocycles. The summed E-state index contributed by atoms with van der Waals surface area (Å²) in [6, 6.07) is 6.08. The number of unbranched alkanes of at least 4 members (excludes halogenated alkanes) is 1. The zero-order valence-corrected chi connectivity index (χ0v) is 11.9. The van der Waals surface area contributed by atoms with Crippen molar-refractivity contribution in [3.63, 3.8) is 0 Å². The molecule has 1 aromatic carbocycles. The molecule has 3 nitrogen and oxygen atoms in total. The van der Waals surface area contributed by atoms with E-state index in [0.717, 1.165) is 25.1 Å². The van der Waals surface area contributed by atoms with Gasteiger partial charge in [-0.15, -0.1) is 0 Å². The first-order chi connectivity index (χ1) is 8.57. The predicted octanol–water partition coefficient (Wildman–Crippen LogP) is 2.66. The summed E-state index contributed by atoms with van der Waals surface area (Å²) in [6.45, 7) is 5.11. The van der Waals surface area contributed by atoms with Crippen LogP contribution in [0.2, 0.25) is 0 Å². The lowest BCUT2D eigenvalue weighted by Gasteiger charge is -2.20. The van der Waals surface area contributed by atoms with Crippen molar-refractivity contribution in [1.82, 2.24) is 5.32 Å². The van der Waals surface area contributed by atoms with Crippen molar-refractivity contribution in [3.8, 4) is 0 Å². The molecule has 18 heavy (non-hydrogen) atoms. The van der Waals surface area contributed by atoms with Crippen molar-refractivity contribution in [1.29, 1.82) is 0 Å². The fourth-order valence-corrected chi connectivity index (χ4v) is 1.98. The van der Waals surface area contributed by atoms with Crippen molar-refractivity contribution in [2.45, 2.75) is 33.1 Å². The van der Waals surface area contributed by atoms with Crippen molar-refractivity contribution in [3.05, 3.63) is 29.3 Å². The van der Waals surface area contributed by atoms with Crippen LogP contribution < -0.4 is 10.2 Å². The molecule has 0 heterocycles. The van der Waals surface area contributed by atoms with E-state index in [1.807, 2.05) is 26.2 Å². The van der Waals surface area contributed by atoms with Gasteiger partial charge in [0.25, 0.3) is 0 Å². The maximum Gasteiger partial charge on any atom is 0.226 e. The number of anilines is 1. The van der Waals surface area contributed by atoms with Gasteiger partial charge in [-0.3, -0.25) is 4.79 Å². The monoisotopic (exact) mass is 248 g/mol. The van der Waals surface area contributed by atoms with E-state index >= 15 is 0 Å². The maximum atomic E-state index is 12.1. The molecule has 0 saturated carbocycles. The third-order valence-corrected chi connectivity index (χ3v) is 3.38. The van der Waals surface area contributed by atoms with Gasteiger partial charge in [-0.25, -0.2) is 0 Å². The third-order valence-electron chi connectivity index (χ3n) is 3.38.